The highest BCUT2D eigenvalue weighted by Gasteiger charge is 2.16. The van der Waals surface area contributed by atoms with E-state index in [-0.39, 0.29) is 31.0 Å². The second-order valence-corrected chi connectivity index (χ2v) is 5.09. The summed E-state index contributed by atoms with van der Waals surface area (Å²) in [4.78, 5) is 24.1. The van der Waals surface area contributed by atoms with Crippen molar-refractivity contribution >= 4 is 12.0 Å². The number of aliphatic carboxylic acids is 1. The molecule has 3 N–H and O–H groups in total. The molecular formula is C13H26N2O4. The molecule has 1 atom stereocenters. The van der Waals surface area contributed by atoms with Crippen molar-refractivity contribution in [3.63, 3.8) is 0 Å². The molecule has 0 heterocycles. The van der Waals surface area contributed by atoms with Crippen LogP contribution in [0.15, 0.2) is 0 Å². The van der Waals surface area contributed by atoms with Gasteiger partial charge in [-0.25, -0.2) is 4.79 Å². The van der Waals surface area contributed by atoms with Gasteiger partial charge in [-0.05, 0) is 32.6 Å². The predicted molar refractivity (Wildman–Crippen MR) is 73.0 cm³/mol. The van der Waals surface area contributed by atoms with Gasteiger partial charge in [0.2, 0.25) is 0 Å². The smallest absolute Gasteiger partial charge is 0.317 e. The SMILES string of the molecule is CC(CCC(=O)O)CNC(=O)N(CCCO)C(C)C. The molecule has 19 heavy (non-hydrogen) atoms. The Morgan fingerprint density at radius 1 is 1.26 bits per heavy atom. The summed E-state index contributed by atoms with van der Waals surface area (Å²) in [7, 11) is 0. The molecule has 112 valence electrons. The number of amides is 2. The van der Waals surface area contributed by atoms with E-state index in [1.54, 1.807) is 4.90 Å². The van der Waals surface area contributed by atoms with Crippen molar-refractivity contribution in [3.8, 4) is 0 Å². The molecule has 6 nitrogen and oxygen atoms in total. The zero-order valence-electron chi connectivity index (χ0n) is 12.1. The highest BCUT2D eigenvalue weighted by Crippen LogP contribution is 2.05. The van der Waals surface area contributed by atoms with Gasteiger partial charge in [0.15, 0.2) is 0 Å². The minimum absolute atomic E-state index is 0.0610. The van der Waals surface area contributed by atoms with Gasteiger partial charge in [-0.1, -0.05) is 6.92 Å². The van der Waals surface area contributed by atoms with Crippen LogP contribution in [0.3, 0.4) is 0 Å². The summed E-state index contributed by atoms with van der Waals surface area (Å²) in [6.07, 6.45) is 1.23. The van der Waals surface area contributed by atoms with E-state index < -0.39 is 5.97 Å². The lowest BCUT2D eigenvalue weighted by molar-refractivity contribution is -0.137. The van der Waals surface area contributed by atoms with Crippen LogP contribution in [0, 0.1) is 5.92 Å². The van der Waals surface area contributed by atoms with Gasteiger partial charge in [0.25, 0.3) is 0 Å². The Labute approximate surface area is 114 Å². The molecule has 0 aromatic rings. The van der Waals surface area contributed by atoms with E-state index in [0.717, 1.165) is 0 Å². The Bertz CT molecular complexity index is 282. The lowest BCUT2D eigenvalue weighted by atomic mass is 10.1. The van der Waals surface area contributed by atoms with Gasteiger partial charge in [-0.3, -0.25) is 4.79 Å². The highest BCUT2D eigenvalue weighted by atomic mass is 16.4. The fourth-order valence-corrected chi connectivity index (χ4v) is 1.67. The third-order valence-corrected chi connectivity index (χ3v) is 2.89. The molecule has 0 aromatic heterocycles. The van der Waals surface area contributed by atoms with Gasteiger partial charge in [-0.2, -0.15) is 0 Å². The molecule has 2 amide bonds. The monoisotopic (exact) mass is 274 g/mol. The van der Waals surface area contributed by atoms with E-state index >= 15 is 0 Å². The first-order chi connectivity index (χ1) is 8.88. The van der Waals surface area contributed by atoms with Gasteiger partial charge < -0.3 is 20.4 Å². The molecular weight excluding hydrogens is 248 g/mol. The molecule has 0 saturated heterocycles. The summed E-state index contributed by atoms with van der Waals surface area (Å²) < 4.78 is 0. The number of hydrogen-bond acceptors (Lipinski definition) is 3. The zero-order valence-corrected chi connectivity index (χ0v) is 12.1. The maximum atomic E-state index is 11.9. The fraction of sp³-hybridized carbons (Fsp3) is 0.846. The van der Waals surface area contributed by atoms with Crippen molar-refractivity contribution in [2.24, 2.45) is 5.92 Å². The van der Waals surface area contributed by atoms with Gasteiger partial charge in [0.05, 0.1) is 0 Å². The van der Waals surface area contributed by atoms with Crippen molar-refractivity contribution in [1.29, 1.82) is 0 Å². The number of nitrogens with one attached hydrogen (secondary N) is 1. The molecule has 6 heteroatoms. The fourth-order valence-electron chi connectivity index (χ4n) is 1.67. The van der Waals surface area contributed by atoms with Crippen molar-refractivity contribution in [2.75, 3.05) is 19.7 Å². The zero-order chi connectivity index (χ0) is 14.8. The maximum Gasteiger partial charge on any atom is 0.317 e. The number of carbonyl (C=O) groups excluding carboxylic acids is 1. The highest BCUT2D eigenvalue weighted by molar-refractivity contribution is 5.74. The van der Waals surface area contributed by atoms with E-state index in [4.69, 9.17) is 10.2 Å². The van der Waals surface area contributed by atoms with Gasteiger partial charge in [0, 0.05) is 32.2 Å². The van der Waals surface area contributed by atoms with Crippen molar-refractivity contribution in [3.05, 3.63) is 0 Å². The third kappa shape index (κ3) is 8.42. The Balaban J connectivity index is 4.07. The summed E-state index contributed by atoms with van der Waals surface area (Å²) in [5.74, 6) is -0.683. The number of aliphatic hydroxyl groups excluding tert-OH is 1. The molecule has 0 radical (unpaired) electrons. The minimum atomic E-state index is -0.815. The summed E-state index contributed by atoms with van der Waals surface area (Å²) in [5.41, 5.74) is 0. The second-order valence-electron chi connectivity index (χ2n) is 5.09. The van der Waals surface area contributed by atoms with E-state index in [1.165, 1.54) is 0 Å². The topological polar surface area (TPSA) is 89.9 Å². The Morgan fingerprint density at radius 3 is 2.37 bits per heavy atom. The number of aliphatic hydroxyl groups is 1. The predicted octanol–water partition coefficient (Wildman–Crippen LogP) is 1.29. The van der Waals surface area contributed by atoms with Gasteiger partial charge in [-0.15, -0.1) is 0 Å². The van der Waals surface area contributed by atoms with Crippen LogP contribution < -0.4 is 5.32 Å². The Morgan fingerprint density at radius 2 is 1.89 bits per heavy atom. The number of nitrogens with zero attached hydrogens (tertiary/aromatic N) is 1. The van der Waals surface area contributed by atoms with Gasteiger partial charge >= 0.3 is 12.0 Å². The van der Waals surface area contributed by atoms with E-state index in [9.17, 15) is 9.59 Å². The number of carboxylic acids is 1. The van der Waals surface area contributed by atoms with Crippen LogP contribution in [-0.4, -0.2) is 52.9 Å². The van der Waals surface area contributed by atoms with Crippen LogP contribution in [0.1, 0.15) is 40.0 Å². The van der Waals surface area contributed by atoms with Crippen LogP contribution >= 0.6 is 0 Å². The average Bonchev–Trinajstić information content (AvgIpc) is 2.33. The molecule has 0 rings (SSSR count). The standard InChI is InChI=1S/C13H26N2O4/c1-10(2)15(7-4-8-16)13(19)14-9-11(3)5-6-12(17)18/h10-11,16H,4-9H2,1-3H3,(H,14,19)(H,17,18). The van der Waals surface area contributed by atoms with Crippen LogP contribution in [-0.2, 0) is 4.79 Å². The van der Waals surface area contributed by atoms with Crippen molar-refractivity contribution < 1.29 is 19.8 Å². The molecule has 0 aromatic carbocycles. The quantitative estimate of drug-likeness (QED) is 0.591. The Hall–Kier alpha value is -1.30. The molecule has 0 fully saturated rings. The maximum absolute atomic E-state index is 11.9. The molecule has 0 saturated carbocycles. The number of rotatable bonds is 9. The second kappa shape index (κ2) is 9.61. The molecule has 0 spiro atoms. The van der Waals surface area contributed by atoms with Crippen LogP contribution in [0.5, 0.6) is 0 Å². The Kier molecular flexibility index (Phi) is 8.95. The minimum Gasteiger partial charge on any atom is -0.481 e. The van der Waals surface area contributed by atoms with Crippen molar-refractivity contribution in [1.82, 2.24) is 10.2 Å². The largest absolute Gasteiger partial charge is 0.481 e. The first-order valence-corrected chi connectivity index (χ1v) is 6.75. The van der Waals surface area contributed by atoms with Gasteiger partial charge in [0.1, 0.15) is 0 Å². The lowest BCUT2D eigenvalue weighted by Gasteiger charge is -2.27. The van der Waals surface area contributed by atoms with Crippen LogP contribution in [0.25, 0.3) is 0 Å². The number of urea groups is 1. The lowest BCUT2D eigenvalue weighted by Crippen LogP contribution is -2.45. The number of hydrogen-bond donors (Lipinski definition) is 3. The van der Waals surface area contributed by atoms with E-state index in [2.05, 4.69) is 5.32 Å². The number of carboxylic acid groups (broad SMARTS) is 1. The third-order valence-electron chi connectivity index (χ3n) is 2.89. The normalized spacial score (nSPS) is 12.3. The summed E-state index contributed by atoms with van der Waals surface area (Å²) in [5, 5.41) is 20.2. The summed E-state index contributed by atoms with van der Waals surface area (Å²) >= 11 is 0. The number of carbonyl (C=O) groups is 2. The molecule has 0 bridgehead atoms. The molecule has 0 aliphatic heterocycles. The summed E-state index contributed by atoms with van der Waals surface area (Å²) in [6.45, 7) is 6.80. The summed E-state index contributed by atoms with van der Waals surface area (Å²) in [6, 6.07) is -0.0912. The first kappa shape index (κ1) is 17.7. The first-order valence-electron chi connectivity index (χ1n) is 6.75. The molecule has 0 aliphatic carbocycles. The van der Waals surface area contributed by atoms with Crippen LogP contribution in [0.4, 0.5) is 4.79 Å². The molecule has 1 unspecified atom stereocenters. The van der Waals surface area contributed by atoms with E-state index in [1.807, 2.05) is 20.8 Å². The van der Waals surface area contributed by atoms with Crippen LogP contribution in [0.2, 0.25) is 0 Å². The molecule has 0 aliphatic rings. The van der Waals surface area contributed by atoms with E-state index in [0.29, 0.717) is 25.9 Å². The van der Waals surface area contributed by atoms with Crippen molar-refractivity contribution in [2.45, 2.75) is 46.1 Å². The average molecular weight is 274 g/mol.